The molecule has 1 aromatic heterocycles. The van der Waals surface area contributed by atoms with Crippen molar-refractivity contribution in [2.24, 2.45) is 5.92 Å². The standard InChI is InChI=1S/C14H15FO2/c15-12-3-1-2-10-8-11(17-14(10)12)6-7-13(16)9-4-5-9/h1-3,8-9,13,16H,4-7H2. The summed E-state index contributed by atoms with van der Waals surface area (Å²) in [5.74, 6) is 0.914. The van der Waals surface area contributed by atoms with E-state index in [2.05, 4.69) is 0 Å². The maximum atomic E-state index is 13.4. The lowest BCUT2D eigenvalue weighted by Crippen LogP contribution is -2.09. The van der Waals surface area contributed by atoms with Crippen molar-refractivity contribution in [1.82, 2.24) is 0 Å². The summed E-state index contributed by atoms with van der Waals surface area (Å²) in [4.78, 5) is 0. The van der Waals surface area contributed by atoms with Gasteiger partial charge in [-0.3, -0.25) is 0 Å². The van der Waals surface area contributed by atoms with Gasteiger partial charge in [0.25, 0.3) is 0 Å². The average molecular weight is 234 g/mol. The minimum Gasteiger partial charge on any atom is -0.458 e. The molecular formula is C14H15FO2. The fourth-order valence-electron chi connectivity index (χ4n) is 2.21. The smallest absolute Gasteiger partial charge is 0.169 e. The molecule has 3 rings (SSSR count). The van der Waals surface area contributed by atoms with Gasteiger partial charge in [-0.25, -0.2) is 4.39 Å². The highest BCUT2D eigenvalue weighted by Gasteiger charge is 2.29. The van der Waals surface area contributed by atoms with Gasteiger partial charge in [0, 0.05) is 11.8 Å². The minimum atomic E-state index is -0.323. The van der Waals surface area contributed by atoms with Crippen molar-refractivity contribution in [1.29, 1.82) is 0 Å². The van der Waals surface area contributed by atoms with Crippen LogP contribution in [0.1, 0.15) is 25.0 Å². The summed E-state index contributed by atoms with van der Waals surface area (Å²) in [6, 6.07) is 6.77. The third-order valence-corrected chi connectivity index (χ3v) is 3.40. The topological polar surface area (TPSA) is 33.4 Å². The number of benzene rings is 1. The zero-order valence-corrected chi connectivity index (χ0v) is 9.53. The zero-order valence-electron chi connectivity index (χ0n) is 9.53. The molecule has 1 aliphatic rings. The van der Waals surface area contributed by atoms with E-state index < -0.39 is 0 Å². The van der Waals surface area contributed by atoms with Crippen molar-refractivity contribution in [3.05, 3.63) is 35.8 Å². The van der Waals surface area contributed by atoms with Gasteiger partial charge in [-0.05, 0) is 37.3 Å². The third kappa shape index (κ3) is 2.20. The molecule has 0 aliphatic heterocycles. The van der Waals surface area contributed by atoms with E-state index in [1.165, 1.54) is 6.07 Å². The molecule has 0 spiro atoms. The van der Waals surface area contributed by atoms with Gasteiger partial charge in [0.05, 0.1) is 6.10 Å². The average Bonchev–Trinajstić information content (AvgIpc) is 3.07. The number of hydrogen-bond acceptors (Lipinski definition) is 2. The van der Waals surface area contributed by atoms with E-state index in [4.69, 9.17) is 4.42 Å². The van der Waals surface area contributed by atoms with Gasteiger partial charge in [0.15, 0.2) is 11.4 Å². The Bertz CT molecular complexity index is 528. The van der Waals surface area contributed by atoms with Crippen molar-refractivity contribution in [3.8, 4) is 0 Å². The summed E-state index contributed by atoms with van der Waals surface area (Å²) >= 11 is 0. The fraction of sp³-hybridized carbons (Fsp3) is 0.429. The Morgan fingerprint density at radius 2 is 2.24 bits per heavy atom. The second-order valence-electron chi connectivity index (χ2n) is 4.81. The molecule has 0 radical (unpaired) electrons. The van der Waals surface area contributed by atoms with Crippen LogP contribution < -0.4 is 0 Å². The van der Waals surface area contributed by atoms with E-state index >= 15 is 0 Å². The van der Waals surface area contributed by atoms with Gasteiger partial charge in [0.2, 0.25) is 0 Å². The Morgan fingerprint density at radius 3 is 2.94 bits per heavy atom. The predicted molar refractivity (Wildman–Crippen MR) is 63.2 cm³/mol. The Balaban J connectivity index is 1.74. The first kappa shape index (κ1) is 10.8. The molecule has 1 fully saturated rings. The molecule has 1 aliphatic carbocycles. The number of fused-ring (bicyclic) bond motifs is 1. The van der Waals surface area contributed by atoms with Crippen molar-refractivity contribution in [3.63, 3.8) is 0 Å². The van der Waals surface area contributed by atoms with Gasteiger partial charge >= 0.3 is 0 Å². The number of halogens is 1. The molecule has 1 N–H and O–H groups in total. The van der Waals surface area contributed by atoms with E-state index in [1.54, 1.807) is 6.07 Å². The van der Waals surface area contributed by atoms with Crippen molar-refractivity contribution >= 4 is 11.0 Å². The molecule has 0 saturated heterocycles. The summed E-state index contributed by atoms with van der Waals surface area (Å²) in [7, 11) is 0. The first-order valence-corrected chi connectivity index (χ1v) is 6.09. The first-order valence-electron chi connectivity index (χ1n) is 6.09. The molecule has 0 bridgehead atoms. The molecule has 1 aromatic carbocycles. The lowest BCUT2D eigenvalue weighted by atomic mass is 10.1. The summed E-state index contributed by atoms with van der Waals surface area (Å²) in [5, 5.41) is 10.6. The first-order chi connectivity index (χ1) is 8.24. The monoisotopic (exact) mass is 234 g/mol. The lowest BCUT2D eigenvalue weighted by Gasteiger charge is -2.06. The summed E-state index contributed by atoms with van der Waals surface area (Å²) in [6.45, 7) is 0. The Labute approximate surface area is 99.1 Å². The quantitative estimate of drug-likeness (QED) is 0.880. The number of aliphatic hydroxyl groups excluding tert-OH is 1. The molecule has 1 unspecified atom stereocenters. The summed E-state index contributed by atoms with van der Waals surface area (Å²) in [6.07, 6.45) is 3.41. The van der Waals surface area contributed by atoms with Crippen molar-refractivity contribution < 1.29 is 13.9 Å². The van der Waals surface area contributed by atoms with Crippen LogP contribution in [0.5, 0.6) is 0 Å². The molecule has 1 heterocycles. The van der Waals surface area contributed by atoms with Crippen LogP contribution in [0.3, 0.4) is 0 Å². The van der Waals surface area contributed by atoms with Gasteiger partial charge < -0.3 is 9.52 Å². The summed E-state index contributed by atoms with van der Waals surface area (Å²) in [5.41, 5.74) is 0.323. The molecule has 2 aromatic rings. The highest BCUT2D eigenvalue weighted by atomic mass is 19.1. The fourth-order valence-corrected chi connectivity index (χ4v) is 2.21. The Hall–Kier alpha value is -1.35. The third-order valence-electron chi connectivity index (χ3n) is 3.40. The molecule has 1 saturated carbocycles. The number of hydrogen-bond donors (Lipinski definition) is 1. The Kier molecular flexibility index (Phi) is 2.63. The van der Waals surface area contributed by atoms with Gasteiger partial charge in [-0.2, -0.15) is 0 Å². The highest BCUT2D eigenvalue weighted by molar-refractivity contribution is 5.78. The van der Waals surface area contributed by atoms with Crippen LogP contribution >= 0.6 is 0 Å². The molecule has 3 heteroatoms. The SMILES string of the molecule is OC(CCc1cc2cccc(F)c2o1)C1CC1. The molecular weight excluding hydrogens is 219 g/mol. The lowest BCUT2D eigenvalue weighted by molar-refractivity contribution is 0.140. The van der Waals surface area contributed by atoms with E-state index in [1.807, 2.05) is 12.1 Å². The zero-order chi connectivity index (χ0) is 11.8. The Morgan fingerprint density at radius 1 is 1.41 bits per heavy atom. The van der Waals surface area contributed by atoms with Crippen LogP contribution in [-0.2, 0) is 6.42 Å². The predicted octanol–water partition coefficient (Wildman–Crippen LogP) is 3.28. The number of aryl methyl sites for hydroxylation is 1. The molecule has 90 valence electrons. The molecule has 0 amide bonds. The molecule has 1 atom stereocenters. The highest BCUT2D eigenvalue weighted by Crippen LogP contribution is 2.34. The molecule has 2 nitrogen and oxygen atoms in total. The maximum absolute atomic E-state index is 13.4. The second kappa shape index (κ2) is 4.15. The largest absolute Gasteiger partial charge is 0.458 e. The van der Waals surface area contributed by atoms with E-state index in [-0.39, 0.29) is 11.9 Å². The number of para-hydroxylation sites is 1. The van der Waals surface area contributed by atoms with Gasteiger partial charge in [0.1, 0.15) is 5.76 Å². The normalized spacial score (nSPS) is 17.5. The van der Waals surface area contributed by atoms with E-state index in [9.17, 15) is 9.50 Å². The van der Waals surface area contributed by atoms with E-state index in [0.29, 0.717) is 24.3 Å². The number of aliphatic hydroxyl groups is 1. The second-order valence-corrected chi connectivity index (χ2v) is 4.81. The summed E-state index contributed by atoms with van der Waals surface area (Å²) < 4.78 is 18.9. The molecule has 17 heavy (non-hydrogen) atoms. The van der Waals surface area contributed by atoms with Crippen LogP contribution in [0, 0.1) is 11.7 Å². The van der Waals surface area contributed by atoms with E-state index in [0.717, 1.165) is 24.0 Å². The maximum Gasteiger partial charge on any atom is 0.169 e. The van der Waals surface area contributed by atoms with Crippen LogP contribution in [0.4, 0.5) is 4.39 Å². The number of furan rings is 1. The van der Waals surface area contributed by atoms with Crippen LogP contribution in [0.25, 0.3) is 11.0 Å². The van der Waals surface area contributed by atoms with Crippen LogP contribution in [0.15, 0.2) is 28.7 Å². The van der Waals surface area contributed by atoms with Crippen molar-refractivity contribution in [2.45, 2.75) is 31.8 Å². The number of rotatable bonds is 4. The van der Waals surface area contributed by atoms with Gasteiger partial charge in [-0.15, -0.1) is 0 Å². The van der Waals surface area contributed by atoms with Crippen LogP contribution in [-0.4, -0.2) is 11.2 Å². The van der Waals surface area contributed by atoms with Crippen LogP contribution in [0.2, 0.25) is 0 Å². The minimum absolute atomic E-state index is 0.229. The van der Waals surface area contributed by atoms with Crippen molar-refractivity contribution in [2.75, 3.05) is 0 Å². The van der Waals surface area contributed by atoms with Gasteiger partial charge in [-0.1, -0.05) is 12.1 Å².